The van der Waals surface area contributed by atoms with Crippen LogP contribution < -0.4 is 19.7 Å². The average molecular weight is 398 g/mol. The van der Waals surface area contributed by atoms with Gasteiger partial charge in [0.25, 0.3) is 5.91 Å². The maximum atomic E-state index is 12.2. The van der Waals surface area contributed by atoms with Crippen LogP contribution in [0.25, 0.3) is 0 Å². The zero-order chi connectivity index (χ0) is 20.8. The predicted octanol–water partition coefficient (Wildman–Crippen LogP) is 2.06. The number of hydrogen-bond acceptors (Lipinski definition) is 7. The molecular weight excluding hydrogens is 372 g/mol. The molecule has 1 aliphatic rings. The quantitative estimate of drug-likeness (QED) is 0.715. The Bertz CT molecular complexity index is 861. The van der Waals surface area contributed by atoms with Gasteiger partial charge in [-0.05, 0) is 44.3 Å². The molecule has 0 aliphatic carbocycles. The molecule has 1 N–H and O–H groups in total. The Morgan fingerprint density at radius 1 is 1.10 bits per heavy atom. The number of Topliss-reactive ketones (excluding diaryl/α,β-unsaturated/α-hetero) is 1. The van der Waals surface area contributed by atoms with Crippen LogP contribution in [0.4, 0.5) is 11.5 Å². The molecule has 29 heavy (non-hydrogen) atoms. The number of ketones is 1. The first-order chi connectivity index (χ1) is 14.0. The molecule has 0 saturated carbocycles. The number of likely N-dealkylation sites (N-methyl/N-ethyl adjacent to an activating group) is 1. The molecule has 3 rings (SSSR count). The third-order valence-corrected chi connectivity index (χ3v) is 4.79. The summed E-state index contributed by atoms with van der Waals surface area (Å²) in [6.07, 6.45) is 1.65. The van der Waals surface area contributed by atoms with Crippen LogP contribution in [0.15, 0.2) is 36.5 Å². The van der Waals surface area contributed by atoms with E-state index in [2.05, 4.69) is 27.1 Å². The van der Waals surface area contributed by atoms with E-state index in [0.717, 1.165) is 32.0 Å². The van der Waals surface area contributed by atoms with E-state index in [1.54, 1.807) is 24.4 Å². The summed E-state index contributed by atoms with van der Waals surface area (Å²) >= 11 is 0. The number of benzene rings is 1. The molecule has 1 aliphatic heterocycles. The molecule has 0 bridgehead atoms. The number of rotatable bonds is 7. The first kappa shape index (κ1) is 20.6. The Hall–Kier alpha value is -3.13. The van der Waals surface area contributed by atoms with Gasteiger partial charge in [0.2, 0.25) is 0 Å². The van der Waals surface area contributed by atoms with Gasteiger partial charge in [-0.1, -0.05) is 0 Å². The number of nitrogens with one attached hydrogen (secondary N) is 1. The van der Waals surface area contributed by atoms with E-state index in [4.69, 9.17) is 9.47 Å². The van der Waals surface area contributed by atoms with Gasteiger partial charge in [0.05, 0.1) is 19.0 Å². The fraction of sp³-hybridized carbons (Fsp3) is 0.381. The SMILES string of the molecule is COc1cc(C(C)=O)ccc1OCC(=O)Nc1ccc(N2CCN(C)CC2)nc1. The van der Waals surface area contributed by atoms with Gasteiger partial charge >= 0.3 is 0 Å². The predicted molar refractivity (Wildman–Crippen MR) is 111 cm³/mol. The van der Waals surface area contributed by atoms with Crippen molar-refractivity contribution in [3.8, 4) is 11.5 Å². The van der Waals surface area contributed by atoms with E-state index in [-0.39, 0.29) is 18.3 Å². The Kier molecular flexibility index (Phi) is 6.66. The molecule has 1 saturated heterocycles. The number of ether oxygens (including phenoxy) is 2. The van der Waals surface area contributed by atoms with E-state index in [9.17, 15) is 9.59 Å². The second kappa shape index (κ2) is 9.38. The summed E-state index contributed by atoms with van der Waals surface area (Å²) in [6, 6.07) is 8.59. The molecule has 1 amide bonds. The van der Waals surface area contributed by atoms with Crippen LogP contribution in [-0.2, 0) is 4.79 Å². The second-order valence-electron chi connectivity index (χ2n) is 6.95. The van der Waals surface area contributed by atoms with Gasteiger partial charge in [0, 0.05) is 31.7 Å². The lowest BCUT2D eigenvalue weighted by molar-refractivity contribution is -0.118. The van der Waals surface area contributed by atoms with E-state index < -0.39 is 0 Å². The van der Waals surface area contributed by atoms with Gasteiger partial charge in [-0.25, -0.2) is 4.98 Å². The topological polar surface area (TPSA) is 84.0 Å². The van der Waals surface area contributed by atoms with Crippen LogP contribution in [0, 0.1) is 0 Å². The summed E-state index contributed by atoms with van der Waals surface area (Å²) in [5, 5.41) is 2.77. The van der Waals surface area contributed by atoms with Gasteiger partial charge in [-0.3, -0.25) is 9.59 Å². The fourth-order valence-corrected chi connectivity index (χ4v) is 3.03. The van der Waals surface area contributed by atoms with Crippen LogP contribution in [0.5, 0.6) is 11.5 Å². The molecule has 8 heteroatoms. The normalized spacial score (nSPS) is 14.4. The molecule has 8 nitrogen and oxygen atoms in total. The van der Waals surface area contributed by atoms with Gasteiger partial charge in [-0.2, -0.15) is 0 Å². The summed E-state index contributed by atoms with van der Waals surface area (Å²) < 4.78 is 10.8. The van der Waals surface area contributed by atoms with Crippen molar-refractivity contribution in [2.75, 3.05) is 57.2 Å². The molecule has 2 heterocycles. The summed E-state index contributed by atoms with van der Waals surface area (Å²) in [5.74, 6) is 1.33. The van der Waals surface area contributed by atoms with Crippen molar-refractivity contribution in [1.29, 1.82) is 0 Å². The van der Waals surface area contributed by atoms with Crippen LogP contribution in [-0.4, -0.2) is 68.5 Å². The number of amides is 1. The van der Waals surface area contributed by atoms with Crippen LogP contribution in [0.3, 0.4) is 0 Å². The molecule has 1 fully saturated rings. The lowest BCUT2D eigenvalue weighted by Crippen LogP contribution is -2.44. The second-order valence-corrected chi connectivity index (χ2v) is 6.95. The number of aromatic nitrogens is 1. The maximum absolute atomic E-state index is 12.2. The lowest BCUT2D eigenvalue weighted by Gasteiger charge is -2.33. The Morgan fingerprint density at radius 2 is 1.86 bits per heavy atom. The van der Waals surface area contributed by atoms with Crippen molar-refractivity contribution in [3.05, 3.63) is 42.1 Å². The molecule has 1 aromatic heterocycles. The van der Waals surface area contributed by atoms with Gasteiger partial charge < -0.3 is 24.6 Å². The number of hydrogen-bond donors (Lipinski definition) is 1. The Morgan fingerprint density at radius 3 is 2.48 bits per heavy atom. The van der Waals surface area contributed by atoms with Crippen molar-refractivity contribution < 1.29 is 19.1 Å². The summed E-state index contributed by atoms with van der Waals surface area (Å²) in [4.78, 5) is 32.6. The third kappa shape index (κ3) is 5.45. The monoisotopic (exact) mass is 398 g/mol. The number of piperazine rings is 1. The molecule has 0 atom stereocenters. The third-order valence-electron chi connectivity index (χ3n) is 4.79. The minimum atomic E-state index is -0.308. The van der Waals surface area contributed by atoms with Crippen LogP contribution >= 0.6 is 0 Å². The molecular formula is C21H26N4O4. The van der Waals surface area contributed by atoms with Crippen molar-refractivity contribution in [1.82, 2.24) is 9.88 Å². The Labute approximate surface area is 170 Å². The van der Waals surface area contributed by atoms with Gasteiger partial charge in [-0.15, -0.1) is 0 Å². The number of nitrogens with zero attached hydrogens (tertiary/aromatic N) is 3. The van der Waals surface area contributed by atoms with E-state index in [0.29, 0.717) is 22.7 Å². The van der Waals surface area contributed by atoms with E-state index in [1.807, 2.05) is 12.1 Å². The largest absolute Gasteiger partial charge is 0.493 e. The van der Waals surface area contributed by atoms with Crippen molar-refractivity contribution in [3.63, 3.8) is 0 Å². The van der Waals surface area contributed by atoms with E-state index >= 15 is 0 Å². The highest BCUT2D eigenvalue weighted by atomic mass is 16.5. The molecule has 154 valence electrons. The maximum Gasteiger partial charge on any atom is 0.262 e. The lowest BCUT2D eigenvalue weighted by atomic mass is 10.1. The highest BCUT2D eigenvalue weighted by Crippen LogP contribution is 2.28. The summed E-state index contributed by atoms with van der Waals surface area (Å²) in [5.41, 5.74) is 1.13. The molecule has 2 aromatic rings. The van der Waals surface area contributed by atoms with Crippen molar-refractivity contribution in [2.45, 2.75) is 6.92 Å². The average Bonchev–Trinajstić information content (AvgIpc) is 2.73. The highest BCUT2D eigenvalue weighted by molar-refractivity contribution is 5.95. The zero-order valence-electron chi connectivity index (χ0n) is 17.0. The van der Waals surface area contributed by atoms with Crippen molar-refractivity contribution in [2.24, 2.45) is 0 Å². The van der Waals surface area contributed by atoms with E-state index in [1.165, 1.54) is 14.0 Å². The highest BCUT2D eigenvalue weighted by Gasteiger charge is 2.15. The Balaban J connectivity index is 1.54. The molecule has 0 spiro atoms. The number of carbonyl (C=O) groups excluding carboxylic acids is 2. The number of pyridine rings is 1. The number of anilines is 2. The smallest absolute Gasteiger partial charge is 0.262 e. The number of carbonyl (C=O) groups is 2. The van der Waals surface area contributed by atoms with Crippen LogP contribution in [0.1, 0.15) is 17.3 Å². The first-order valence-corrected chi connectivity index (χ1v) is 9.47. The first-order valence-electron chi connectivity index (χ1n) is 9.47. The van der Waals surface area contributed by atoms with Gasteiger partial charge in [0.15, 0.2) is 23.9 Å². The molecule has 0 radical (unpaired) electrons. The summed E-state index contributed by atoms with van der Waals surface area (Å²) in [7, 11) is 3.60. The minimum absolute atomic E-state index is 0.0693. The standard InChI is InChI=1S/C21H26N4O4/c1-15(26)16-4-6-18(19(12-16)28-3)29-14-21(27)23-17-5-7-20(22-13-17)25-10-8-24(2)9-11-25/h4-7,12-13H,8-11,14H2,1-3H3,(H,23,27). The zero-order valence-corrected chi connectivity index (χ0v) is 17.0. The minimum Gasteiger partial charge on any atom is -0.493 e. The van der Waals surface area contributed by atoms with Gasteiger partial charge in [0.1, 0.15) is 5.82 Å². The van der Waals surface area contributed by atoms with Crippen LogP contribution in [0.2, 0.25) is 0 Å². The fourth-order valence-electron chi connectivity index (χ4n) is 3.03. The molecule has 1 aromatic carbocycles. The number of methoxy groups -OCH3 is 1. The summed E-state index contributed by atoms with van der Waals surface area (Å²) in [6.45, 7) is 5.19. The molecule has 0 unspecified atom stereocenters. The van der Waals surface area contributed by atoms with Crippen molar-refractivity contribution >= 4 is 23.2 Å².